The lowest BCUT2D eigenvalue weighted by Crippen LogP contribution is -2.67. The minimum Gasteiger partial charge on any atom is -0.382 e. The van der Waals surface area contributed by atoms with E-state index in [1.54, 1.807) is 36.2 Å². The van der Waals surface area contributed by atoms with Crippen LogP contribution in [-0.2, 0) is 5.60 Å². The van der Waals surface area contributed by atoms with E-state index in [-0.39, 0.29) is 11.9 Å². The predicted molar refractivity (Wildman–Crippen MR) is 59.9 cm³/mol. The van der Waals surface area contributed by atoms with Gasteiger partial charge in [0.2, 0.25) is 0 Å². The van der Waals surface area contributed by atoms with Crippen molar-refractivity contribution < 1.29 is 9.90 Å². The fourth-order valence-corrected chi connectivity index (χ4v) is 2.98. The molecule has 3 atom stereocenters. The molecule has 1 saturated carbocycles. The van der Waals surface area contributed by atoms with Gasteiger partial charge in [-0.2, -0.15) is 5.26 Å². The van der Waals surface area contributed by atoms with Gasteiger partial charge in [-0.05, 0) is 18.1 Å². The predicted octanol–water partition coefficient (Wildman–Crippen LogP) is 0.872. The lowest BCUT2D eigenvalue weighted by molar-refractivity contribution is -0.145. The van der Waals surface area contributed by atoms with E-state index in [0.717, 1.165) is 0 Å². The van der Waals surface area contributed by atoms with E-state index in [2.05, 4.69) is 6.07 Å². The number of amides is 1. The average molecular weight is 228 g/mol. The van der Waals surface area contributed by atoms with Gasteiger partial charge in [-0.1, -0.05) is 18.2 Å². The summed E-state index contributed by atoms with van der Waals surface area (Å²) < 4.78 is 0. The highest BCUT2D eigenvalue weighted by molar-refractivity contribution is 5.98. The molecule has 0 unspecified atom stereocenters. The van der Waals surface area contributed by atoms with Crippen molar-refractivity contribution in [1.29, 1.82) is 5.26 Å². The first kappa shape index (κ1) is 10.3. The lowest BCUT2D eigenvalue weighted by Gasteiger charge is -2.56. The van der Waals surface area contributed by atoms with Crippen molar-refractivity contribution in [3.63, 3.8) is 0 Å². The minimum absolute atomic E-state index is 0.0772. The molecule has 1 aromatic rings. The number of hydrogen-bond donors (Lipinski definition) is 1. The van der Waals surface area contributed by atoms with Crippen LogP contribution in [0.3, 0.4) is 0 Å². The summed E-state index contributed by atoms with van der Waals surface area (Å²) in [6.45, 7) is 0. The summed E-state index contributed by atoms with van der Waals surface area (Å²) in [6.07, 6.45) is 0.545. The zero-order valence-corrected chi connectivity index (χ0v) is 9.42. The summed E-state index contributed by atoms with van der Waals surface area (Å²) in [6, 6.07) is 8.87. The summed E-state index contributed by atoms with van der Waals surface area (Å²) in [7, 11) is 1.68. The molecule has 0 spiro atoms. The average Bonchev–Trinajstić information content (AvgIpc) is 2.34. The van der Waals surface area contributed by atoms with Crippen LogP contribution in [0.1, 0.15) is 22.3 Å². The first-order chi connectivity index (χ1) is 8.10. The highest BCUT2D eigenvalue weighted by Crippen LogP contribution is 2.52. The van der Waals surface area contributed by atoms with E-state index < -0.39 is 11.5 Å². The molecule has 1 aliphatic carbocycles. The maximum atomic E-state index is 12.1. The summed E-state index contributed by atoms with van der Waals surface area (Å²) in [4.78, 5) is 13.6. The van der Waals surface area contributed by atoms with E-state index in [1.165, 1.54) is 0 Å². The molecule has 0 saturated heterocycles. The second-order valence-electron chi connectivity index (χ2n) is 4.72. The van der Waals surface area contributed by atoms with E-state index >= 15 is 0 Å². The number of carbonyl (C=O) groups excluding carboxylic acids is 1. The molecule has 1 aliphatic heterocycles. The van der Waals surface area contributed by atoms with Gasteiger partial charge >= 0.3 is 0 Å². The van der Waals surface area contributed by atoms with Crippen LogP contribution >= 0.6 is 0 Å². The molecule has 2 aliphatic rings. The minimum atomic E-state index is -1.19. The van der Waals surface area contributed by atoms with E-state index in [1.807, 2.05) is 0 Å². The third-order valence-corrected chi connectivity index (χ3v) is 4.03. The monoisotopic (exact) mass is 228 g/mol. The second-order valence-corrected chi connectivity index (χ2v) is 4.72. The van der Waals surface area contributed by atoms with Gasteiger partial charge in [0.1, 0.15) is 5.60 Å². The van der Waals surface area contributed by atoms with Gasteiger partial charge in [0.25, 0.3) is 5.91 Å². The van der Waals surface area contributed by atoms with Gasteiger partial charge in [-0.15, -0.1) is 0 Å². The Bertz CT molecular complexity index is 549. The zero-order valence-electron chi connectivity index (χ0n) is 9.42. The summed E-state index contributed by atoms with van der Waals surface area (Å²) in [5.41, 5.74) is -0.0758. The van der Waals surface area contributed by atoms with Crippen LogP contribution in [0.2, 0.25) is 0 Å². The lowest BCUT2D eigenvalue weighted by atomic mass is 9.59. The van der Waals surface area contributed by atoms with Gasteiger partial charge in [0.15, 0.2) is 0 Å². The van der Waals surface area contributed by atoms with Gasteiger partial charge in [0, 0.05) is 12.6 Å². The molecule has 86 valence electrons. The number of hydrogen-bond acceptors (Lipinski definition) is 3. The number of likely N-dealkylation sites (N-methyl/N-ethyl adjacent to an activating group) is 1. The molecule has 0 aromatic heterocycles. The maximum absolute atomic E-state index is 12.1. The summed E-state index contributed by atoms with van der Waals surface area (Å²) in [5, 5.41) is 19.8. The molecule has 0 bridgehead atoms. The molecule has 3 rings (SSSR count). The zero-order chi connectivity index (χ0) is 12.2. The number of carbonyl (C=O) groups is 1. The van der Waals surface area contributed by atoms with Gasteiger partial charge in [-0.25, -0.2) is 0 Å². The van der Waals surface area contributed by atoms with Crippen molar-refractivity contribution in [3.8, 4) is 6.07 Å². The summed E-state index contributed by atoms with van der Waals surface area (Å²) >= 11 is 0. The third kappa shape index (κ3) is 1.02. The molecule has 1 amide bonds. The number of fused-ring (bicyclic) bond motifs is 3. The molecule has 1 fully saturated rings. The number of nitrogens with zero attached hydrogens (tertiary/aromatic N) is 2. The fraction of sp³-hybridized carbons (Fsp3) is 0.385. The quantitative estimate of drug-likeness (QED) is 0.716. The Kier molecular flexibility index (Phi) is 1.87. The van der Waals surface area contributed by atoms with E-state index in [9.17, 15) is 9.90 Å². The van der Waals surface area contributed by atoms with Crippen molar-refractivity contribution in [2.75, 3.05) is 7.05 Å². The van der Waals surface area contributed by atoms with Crippen molar-refractivity contribution in [3.05, 3.63) is 35.4 Å². The van der Waals surface area contributed by atoms with Crippen LogP contribution in [0.4, 0.5) is 0 Å². The standard InChI is InChI=1S/C13H12N2O2/c1-15-11-6-8(7-14)13(11,17)10-5-3-2-4-9(10)12(15)16/h2-5,8,11,17H,6H2,1H3/t8-,11+,13-/m1/s1. The van der Waals surface area contributed by atoms with Crippen LogP contribution < -0.4 is 0 Å². The van der Waals surface area contributed by atoms with Crippen LogP contribution in [0.5, 0.6) is 0 Å². The SMILES string of the molecule is CN1C(=O)c2ccccc2[C@@]2(O)[C@@H]1C[C@@H]2C#N. The van der Waals surface area contributed by atoms with Crippen molar-refractivity contribution in [2.24, 2.45) is 5.92 Å². The Morgan fingerprint density at radius 2 is 2.24 bits per heavy atom. The molecule has 0 radical (unpaired) electrons. The number of aliphatic hydroxyl groups is 1. The molecular formula is C13H12N2O2. The molecule has 1 N–H and O–H groups in total. The van der Waals surface area contributed by atoms with Crippen LogP contribution in [0, 0.1) is 17.2 Å². The van der Waals surface area contributed by atoms with E-state index in [4.69, 9.17) is 5.26 Å². The highest BCUT2D eigenvalue weighted by Gasteiger charge is 2.61. The topological polar surface area (TPSA) is 64.3 Å². The number of rotatable bonds is 0. The van der Waals surface area contributed by atoms with Gasteiger partial charge in [-0.3, -0.25) is 4.79 Å². The normalized spacial score (nSPS) is 34.4. The molecular weight excluding hydrogens is 216 g/mol. The second kappa shape index (κ2) is 3.08. The van der Waals surface area contributed by atoms with Crippen molar-refractivity contribution in [1.82, 2.24) is 4.90 Å². The maximum Gasteiger partial charge on any atom is 0.254 e. The highest BCUT2D eigenvalue weighted by atomic mass is 16.3. The first-order valence-electron chi connectivity index (χ1n) is 5.59. The Morgan fingerprint density at radius 3 is 2.94 bits per heavy atom. The fourth-order valence-electron chi connectivity index (χ4n) is 2.98. The van der Waals surface area contributed by atoms with Crippen LogP contribution in [-0.4, -0.2) is 29.0 Å². The van der Waals surface area contributed by atoms with Crippen molar-refractivity contribution >= 4 is 5.91 Å². The van der Waals surface area contributed by atoms with Crippen LogP contribution in [0.25, 0.3) is 0 Å². The van der Waals surface area contributed by atoms with Gasteiger partial charge < -0.3 is 10.0 Å². The number of nitriles is 1. The Hall–Kier alpha value is -1.86. The smallest absolute Gasteiger partial charge is 0.254 e. The van der Waals surface area contributed by atoms with Gasteiger partial charge in [0.05, 0.1) is 18.0 Å². The largest absolute Gasteiger partial charge is 0.382 e. The molecule has 1 heterocycles. The first-order valence-corrected chi connectivity index (χ1v) is 5.59. The Labute approximate surface area is 99.1 Å². The molecule has 4 nitrogen and oxygen atoms in total. The van der Waals surface area contributed by atoms with E-state index in [0.29, 0.717) is 17.5 Å². The summed E-state index contributed by atoms with van der Waals surface area (Å²) in [5.74, 6) is -0.504. The van der Waals surface area contributed by atoms with Crippen LogP contribution in [0.15, 0.2) is 24.3 Å². The number of benzene rings is 1. The Morgan fingerprint density at radius 1 is 1.53 bits per heavy atom. The van der Waals surface area contributed by atoms with Crippen molar-refractivity contribution in [2.45, 2.75) is 18.1 Å². The molecule has 17 heavy (non-hydrogen) atoms. The Balaban J connectivity index is 2.23. The molecule has 4 heteroatoms. The third-order valence-electron chi connectivity index (χ3n) is 4.03. The molecule has 1 aromatic carbocycles.